The Labute approximate surface area is 185 Å². The molecular weight excluding hydrogens is 392 g/mol. The first-order chi connectivity index (χ1) is 15.0. The Kier molecular flexibility index (Phi) is 7.94. The van der Waals surface area contributed by atoms with Gasteiger partial charge in [-0.05, 0) is 36.9 Å². The number of guanidine groups is 1. The van der Waals surface area contributed by atoms with E-state index in [1.807, 2.05) is 37.5 Å². The van der Waals surface area contributed by atoms with Crippen LogP contribution >= 0.6 is 0 Å². The number of methoxy groups -OCH3 is 2. The summed E-state index contributed by atoms with van der Waals surface area (Å²) < 4.78 is 10.8. The number of piperazine rings is 1. The van der Waals surface area contributed by atoms with Crippen molar-refractivity contribution in [2.24, 2.45) is 4.99 Å². The summed E-state index contributed by atoms with van der Waals surface area (Å²) in [6.07, 6.45) is 1.89. The van der Waals surface area contributed by atoms with Crippen LogP contribution in [0.25, 0.3) is 0 Å². The SMILES string of the molecule is CN=C(NCc1ccnc(N2CCN(C)CC2)c1)N(C)Cc1ccc(OC)cc1OC. The van der Waals surface area contributed by atoms with Crippen LogP contribution in [0.4, 0.5) is 5.82 Å². The quantitative estimate of drug-likeness (QED) is 0.537. The third-order valence-electron chi connectivity index (χ3n) is 5.56. The summed E-state index contributed by atoms with van der Waals surface area (Å²) >= 11 is 0. The van der Waals surface area contributed by atoms with Crippen LogP contribution in [-0.4, -0.2) is 82.3 Å². The maximum Gasteiger partial charge on any atom is 0.193 e. The molecule has 8 nitrogen and oxygen atoms in total. The first-order valence-electron chi connectivity index (χ1n) is 10.5. The van der Waals surface area contributed by atoms with Gasteiger partial charge < -0.3 is 29.5 Å². The van der Waals surface area contributed by atoms with E-state index in [9.17, 15) is 0 Å². The van der Waals surface area contributed by atoms with Crippen LogP contribution in [0.1, 0.15) is 11.1 Å². The van der Waals surface area contributed by atoms with Crippen molar-refractivity contribution >= 4 is 11.8 Å². The average molecular weight is 427 g/mol. The van der Waals surface area contributed by atoms with Crippen LogP contribution in [0.3, 0.4) is 0 Å². The normalized spacial score (nSPS) is 15.0. The van der Waals surface area contributed by atoms with E-state index in [1.165, 1.54) is 5.56 Å². The lowest BCUT2D eigenvalue weighted by molar-refractivity contribution is 0.312. The Morgan fingerprint density at radius 2 is 1.90 bits per heavy atom. The molecule has 0 saturated carbocycles. The molecular formula is C23H34N6O2. The molecule has 2 heterocycles. The molecule has 8 heteroatoms. The second-order valence-corrected chi connectivity index (χ2v) is 7.75. The van der Waals surface area contributed by atoms with Gasteiger partial charge in [0.2, 0.25) is 0 Å². The molecule has 1 saturated heterocycles. The molecule has 1 fully saturated rings. The van der Waals surface area contributed by atoms with Crippen molar-refractivity contribution in [3.8, 4) is 11.5 Å². The predicted molar refractivity (Wildman–Crippen MR) is 125 cm³/mol. The van der Waals surface area contributed by atoms with Crippen molar-refractivity contribution in [3.05, 3.63) is 47.7 Å². The molecule has 1 aliphatic heterocycles. The summed E-state index contributed by atoms with van der Waals surface area (Å²) in [5, 5.41) is 3.46. The number of aliphatic imine (C=N–C) groups is 1. The minimum Gasteiger partial charge on any atom is -0.497 e. The summed E-state index contributed by atoms with van der Waals surface area (Å²) in [5.41, 5.74) is 2.25. The number of aromatic nitrogens is 1. The van der Waals surface area contributed by atoms with Crippen molar-refractivity contribution < 1.29 is 9.47 Å². The maximum absolute atomic E-state index is 5.53. The number of nitrogens with zero attached hydrogens (tertiary/aromatic N) is 5. The number of anilines is 1. The minimum absolute atomic E-state index is 0.662. The number of hydrogen-bond acceptors (Lipinski definition) is 6. The van der Waals surface area contributed by atoms with E-state index in [-0.39, 0.29) is 0 Å². The fourth-order valence-electron chi connectivity index (χ4n) is 3.66. The van der Waals surface area contributed by atoms with E-state index in [4.69, 9.17) is 9.47 Å². The molecule has 1 aliphatic rings. The van der Waals surface area contributed by atoms with Gasteiger partial charge in [0.25, 0.3) is 0 Å². The van der Waals surface area contributed by atoms with Crippen LogP contribution in [0, 0.1) is 0 Å². The molecule has 168 valence electrons. The lowest BCUT2D eigenvalue weighted by Crippen LogP contribution is -2.44. The van der Waals surface area contributed by atoms with Crippen molar-refractivity contribution in [2.45, 2.75) is 13.1 Å². The van der Waals surface area contributed by atoms with Gasteiger partial charge in [0.05, 0.1) is 14.2 Å². The Morgan fingerprint density at radius 1 is 1.13 bits per heavy atom. The Bertz CT molecular complexity index is 880. The van der Waals surface area contributed by atoms with E-state index in [2.05, 4.69) is 43.1 Å². The third-order valence-corrected chi connectivity index (χ3v) is 5.56. The highest BCUT2D eigenvalue weighted by Gasteiger charge is 2.16. The molecule has 0 spiro atoms. The Balaban J connectivity index is 1.61. The summed E-state index contributed by atoms with van der Waals surface area (Å²) in [7, 11) is 9.30. The molecule has 0 radical (unpaired) electrons. The summed E-state index contributed by atoms with van der Waals surface area (Å²) in [6.45, 7) is 5.49. The molecule has 3 rings (SSSR count). The second kappa shape index (κ2) is 10.9. The van der Waals surface area contributed by atoms with Crippen molar-refractivity contribution in [1.29, 1.82) is 0 Å². The minimum atomic E-state index is 0.662. The number of rotatable bonds is 7. The second-order valence-electron chi connectivity index (χ2n) is 7.75. The number of ether oxygens (including phenoxy) is 2. The fourth-order valence-corrected chi connectivity index (χ4v) is 3.66. The predicted octanol–water partition coefficient (Wildman–Crippen LogP) is 2.06. The van der Waals surface area contributed by atoms with Crippen LogP contribution in [0.5, 0.6) is 11.5 Å². The highest BCUT2D eigenvalue weighted by atomic mass is 16.5. The molecule has 2 aromatic rings. The monoisotopic (exact) mass is 426 g/mol. The van der Waals surface area contributed by atoms with Crippen LogP contribution in [0.15, 0.2) is 41.5 Å². The first kappa shape index (κ1) is 22.7. The van der Waals surface area contributed by atoms with Crippen LogP contribution in [-0.2, 0) is 13.1 Å². The first-order valence-corrected chi connectivity index (χ1v) is 10.5. The zero-order valence-electron chi connectivity index (χ0n) is 19.3. The molecule has 0 atom stereocenters. The van der Waals surface area contributed by atoms with Gasteiger partial charge in [-0.3, -0.25) is 4.99 Å². The van der Waals surface area contributed by atoms with E-state index in [1.54, 1.807) is 21.3 Å². The van der Waals surface area contributed by atoms with E-state index >= 15 is 0 Å². The zero-order chi connectivity index (χ0) is 22.2. The van der Waals surface area contributed by atoms with Gasteiger partial charge in [-0.1, -0.05) is 0 Å². The smallest absolute Gasteiger partial charge is 0.193 e. The van der Waals surface area contributed by atoms with Gasteiger partial charge in [-0.2, -0.15) is 0 Å². The van der Waals surface area contributed by atoms with Gasteiger partial charge in [0.1, 0.15) is 17.3 Å². The third kappa shape index (κ3) is 6.01. The van der Waals surface area contributed by atoms with Crippen molar-refractivity contribution in [2.75, 3.05) is 66.4 Å². The number of benzene rings is 1. The van der Waals surface area contributed by atoms with Crippen molar-refractivity contribution in [3.63, 3.8) is 0 Å². The van der Waals surface area contributed by atoms with Gasteiger partial charge in [0, 0.05) is 71.2 Å². The van der Waals surface area contributed by atoms with Crippen LogP contribution in [0.2, 0.25) is 0 Å². The molecule has 31 heavy (non-hydrogen) atoms. The number of likely N-dealkylation sites (N-methyl/N-ethyl adjacent to an activating group) is 1. The molecule has 1 N–H and O–H groups in total. The molecule has 0 aliphatic carbocycles. The van der Waals surface area contributed by atoms with Crippen LogP contribution < -0.4 is 19.7 Å². The van der Waals surface area contributed by atoms with Gasteiger partial charge >= 0.3 is 0 Å². The number of hydrogen-bond donors (Lipinski definition) is 1. The molecule has 1 aromatic heterocycles. The van der Waals surface area contributed by atoms with Gasteiger partial charge in [0.15, 0.2) is 5.96 Å². The highest BCUT2D eigenvalue weighted by Crippen LogP contribution is 2.25. The molecule has 0 unspecified atom stereocenters. The number of nitrogens with one attached hydrogen (secondary N) is 1. The fraction of sp³-hybridized carbons (Fsp3) is 0.478. The summed E-state index contributed by atoms with van der Waals surface area (Å²) in [6, 6.07) is 10.1. The lowest BCUT2D eigenvalue weighted by Gasteiger charge is -2.33. The van der Waals surface area contributed by atoms with Gasteiger partial charge in [-0.15, -0.1) is 0 Å². The topological polar surface area (TPSA) is 65.5 Å². The number of pyridine rings is 1. The van der Waals surface area contributed by atoms with Crippen molar-refractivity contribution in [1.82, 2.24) is 20.1 Å². The molecule has 0 bridgehead atoms. The summed E-state index contributed by atoms with van der Waals surface area (Å²) in [4.78, 5) is 15.8. The maximum atomic E-state index is 5.53. The van der Waals surface area contributed by atoms with Gasteiger partial charge in [-0.25, -0.2) is 4.98 Å². The molecule has 0 amide bonds. The lowest BCUT2D eigenvalue weighted by atomic mass is 10.2. The van der Waals surface area contributed by atoms with E-state index in [0.29, 0.717) is 13.1 Å². The molecule has 1 aromatic carbocycles. The standard InChI is InChI=1S/C23H34N6O2/c1-24-23(28(3)17-19-6-7-20(30-4)15-21(19)31-5)26-16-18-8-9-25-22(14-18)29-12-10-27(2)11-13-29/h6-9,14-15H,10-13,16-17H2,1-5H3,(H,24,26). The van der Waals surface area contributed by atoms with E-state index < -0.39 is 0 Å². The largest absolute Gasteiger partial charge is 0.497 e. The zero-order valence-corrected chi connectivity index (χ0v) is 19.3. The summed E-state index contributed by atoms with van der Waals surface area (Å²) in [5.74, 6) is 3.43. The van der Waals surface area contributed by atoms with E-state index in [0.717, 1.165) is 55.0 Å². The average Bonchev–Trinajstić information content (AvgIpc) is 2.80. The Hall–Kier alpha value is -3.00. The Morgan fingerprint density at radius 3 is 2.58 bits per heavy atom. The highest BCUT2D eigenvalue weighted by molar-refractivity contribution is 5.79.